The number of carbonyl (C=O) groups is 4. The molecule has 0 fully saturated rings. The number of benzene rings is 1. The molecule has 0 radical (unpaired) electrons. The predicted molar refractivity (Wildman–Crippen MR) is 152 cm³/mol. The number of nitrogens with one attached hydrogen (secondary N) is 1. The molecule has 0 amide bonds. The van der Waals surface area contributed by atoms with Crippen LogP contribution < -0.4 is 14.8 Å². The molecule has 0 spiro atoms. The van der Waals surface area contributed by atoms with Gasteiger partial charge in [-0.3, -0.25) is 10.1 Å². The number of rotatable bonds is 17. The van der Waals surface area contributed by atoms with E-state index in [0.29, 0.717) is 12.0 Å². The fourth-order valence-electron chi connectivity index (χ4n) is 3.38. The Morgan fingerprint density at radius 2 is 1.37 bits per heavy atom. The van der Waals surface area contributed by atoms with Crippen LogP contribution in [0.4, 0.5) is 9.59 Å². The van der Waals surface area contributed by atoms with Gasteiger partial charge < -0.3 is 28.8 Å². The van der Waals surface area contributed by atoms with Crippen LogP contribution >= 0.6 is 0 Å². The lowest BCUT2D eigenvalue weighted by Crippen LogP contribution is -2.59. The fourth-order valence-corrected chi connectivity index (χ4v) is 3.38. The summed E-state index contributed by atoms with van der Waals surface area (Å²) in [6.45, 7) is 15.3. The SMILES string of the molecule is CCC(C)COC(=O)Oc1ccc(C[C@](NC(C)CC)(OC(=O)CC(C)C)C(=O)O)cc1OC(=O)OCC(C)CC. The molecule has 11 heteroatoms. The van der Waals surface area contributed by atoms with Crippen molar-refractivity contribution in [3.05, 3.63) is 23.8 Å². The van der Waals surface area contributed by atoms with Crippen molar-refractivity contribution in [3.63, 3.8) is 0 Å². The molecule has 3 unspecified atom stereocenters. The first-order valence-electron chi connectivity index (χ1n) is 14.3. The largest absolute Gasteiger partial charge is 0.513 e. The molecule has 11 nitrogen and oxygen atoms in total. The molecule has 0 aromatic heterocycles. The maximum Gasteiger partial charge on any atom is 0.513 e. The van der Waals surface area contributed by atoms with E-state index in [9.17, 15) is 24.3 Å². The van der Waals surface area contributed by atoms with Crippen molar-refractivity contribution in [2.45, 2.75) is 99.3 Å². The highest BCUT2D eigenvalue weighted by Gasteiger charge is 2.44. The number of esters is 1. The van der Waals surface area contributed by atoms with E-state index in [4.69, 9.17) is 23.7 Å². The first-order chi connectivity index (χ1) is 19.2. The van der Waals surface area contributed by atoms with Crippen molar-refractivity contribution >= 4 is 24.2 Å². The molecule has 0 heterocycles. The minimum atomic E-state index is -2.10. The summed E-state index contributed by atoms with van der Waals surface area (Å²) in [7, 11) is 0. The molecule has 0 aliphatic carbocycles. The molecule has 2 N–H and O–H groups in total. The van der Waals surface area contributed by atoms with Gasteiger partial charge in [0.15, 0.2) is 11.5 Å². The first kappa shape index (κ1) is 35.7. The van der Waals surface area contributed by atoms with Crippen molar-refractivity contribution in [3.8, 4) is 11.5 Å². The van der Waals surface area contributed by atoms with E-state index in [2.05, 4.69) is 5.32 Å². The predicted octanol–water partition coefficient (Wildman–Crippen LogP) is 6.11. The second-order valence-electron chi connectivity index (χ2n) is 11.0. The first-order valence-corrected chi connectivity index (χ1v) is 14.3. The molecular weight excluding hydrogens is 534 g/mol. The van der Waals surface area contributed by atoms with Gasteiger partial charge >= 0.3 is 24.2 Å². The van der Waals surface area contributed by atoms with Crippen LogP contribution in [0.2, 0.25) is 0 Å². The highest BCUT2D eigenvalue weighted by atomic mass is 16.7. The van der Waals surface area contributed by atoms with Crippen LogP contribution in [0.1, 0.15) is 86.6 Å². The number of carboxylic acid groups (broad SMARTS) is 1. The van der Waals surface area contributed by atoms with E-state index in [0.717, 1.165) is 12.8 Å². The second-order valence-corrected chi connectivity index (χ2v) is 11.0. The molecule has 4 atom stereocenters. The summed E-state index contributed by atoms with van der Waals surface area (Å²) in [6, 6.07) is 3.87. The van der Waals surface area contributed by atoms with Gasteiger partial charge in [0.1, 0.15) is 0 Å². The molecule has 232 valence electrons. The van der Waals surface area contributed by atoms with Crippen LogP contribution in [0.3, 0.4) is 0 Å². The Balaban J connectivity index is 3.40. The van der Waals surface area contributed by atoms with E-state index < -0.39 is 30.0 Å². The van der Waals surface area contributed by atoms with E-state index in [1.54, 1.807) is 6.92 Å². The number of hydrogen-bond donors (Lipinski definition) is 2. The molecule has 0 aliphatic heterocycles. The van der Waals surface area contributed by atoms with Crippen LogP contribution in [0, 0.1) is 17.8 Å². The highest BCUT2D eigenvalue weighted by molar-refractivity contribution is 5.82. The van der Waals surface area contributed by atoms with Crippen LogP contribution in [0.5, 0.6) is 11.5 Å². The van der Waals surface area contributed by atoms with Gasteiger partial charge in [-0.25, -0.2) is 14.4 Å². The minimum Gasteiger partial charge on any atom is -0.477 e. The van der Waals surface area contributed by atoms with Gasteiger partial charge in [-0.15, -0.1) is 0 Å². The molecule has 1 aromatic rings. The van der Waals surface area contributed by atoms with Crippen molar-refractivity contribution in [2.24, 2.45) is 17.8 Å². The Morgan fingerprint density at radius 1 is 0.829 bits per heavy atom. The minimum absolute atomic E-state index is 0.0269. The van der Waals surface area contributed by atoms with Gasteiger partial charge in [-0.05, 0) is 48.8 Å². The Kier molecular flexibility index (Phi) is 15.2. The van der Waals surface area contributed by atoms with Crippen molar-refractivity contribution in [2.75, 3.05) is 13.2 Å². The third kappa shape index (κ3) is 12.8. The summed E-state index contributed by atoms with van der Waals surface area (Å²) in [5.74, 6) is -2.20. The Bertz CT molecular complexity index is 1010. The average Bonchev–Trinajstić information content (AvgIpc) is 2.90. The van der Waals surface area contributed by atoms with Crippen LogP contribution in [-0.2, 0) is 30.2 Å². The van der Waals surface area contributed by atoms with Crippen LogP contribution in [0.15, 0.2) is 18.2 Å². The lowest BCUT2D eigenvalue weighted by atomic mass is 10.00. The zero-order chi connectivity index (χ0) is 31.2. The van der Waals surface area contributed by atoms with Crippen molar-refractivity contribution in [1.82, 2.24) is 5.32 Å². The van der Waals surface area contributed by atoms with Gasteiger partial charge in [-0.2, -0.15) is 0 Å². The molecule has 1 rings (SSSR count). The summed E-state index contributed by atoms with van der Waals surface area (Å²) in [4.78, 5) is 50.0. The lowest BCUT2D eigenvalue weighted by Gasteiger charge is -2.33. The number of carboxylic acids is 1. The fraction of sp³-hybridized carbons (Fsp3) is 0.667. The second kappa shape index (κ2) is 17.5. The third-order valence-corrected chi connectivity index (χ3v) is 6.51. The summed E-state index contributed by atoms with van der Waals surface area (Å²) < 4.78 is 26.6. The van der Waals surface area contributed by atoms with Gasteiger partial charge in [0.25, 0.3) is 5.72 Å². The van der Waals surface area contributed by atoms with E-state index >= 15 is 0 Å². The monoisotopic (exact) mass is 581 g/mol. The van der Waals surface area contributed by atoms with Crippen LogP contribution in [-0.4, -0.2) is 54.3 Å². The number of carbonyl (C=O) groups excluding carboxylic acids is 3. The summed E-state index contributed by atoms with van der Waals surface area (Å²) in [5.41, 5.74) is -1.78. The summed E-state index contributed by atoms with van der Waals surface area (Å²) in [6.07, 6.45) is -0.140. The Morgan fingerprint density at radius 3 is 1.83 bits per heavy atom. The van der Waals surface area contributed by atoms with Gasteiger partial charge in [0.2, 0.25) is 0 Å². The molecule has 1 aromatic carbocycles. The molecule has 41 heavy (non-hydrogen) atoms. The zero-order valence-electron chi connectivity index (χ0n) is 25.6. The Hall–Kier alpha value is -3.34. The maximum absolute atomic E-state index is 12.6. The molecule has 0 bridgehead atoms. The van der Waals surface area contributed by atoms with E-state index in [1.165, 1.54) is 18.2 Å². The van der Waals surface area contributed by atoms with Gasteiger partial charge in [0.05, 0.1) is 13.2 Å². The standard InChI is InChI=1S/C30H47NO10/c1-9-20(6)17-37-28(35)39-24-13-12-23(15-25(24)40-29(36)38-18-21(7)10-2)16-30(27(33)34,31-22(8)11-3)41-26(32)14-19(4)5/h12-13,15,19-22,31H,9-11,14,16-18H2,1-8H3,(H,33,34)/t20?,21?,22?,30-/m0/s1. The molecule has 0 saturated heterocycles. The smallest absolute Gasteiger partial charge is 0.477 e. The van der Waals surface area contributed by atoms with E-state index in [-0.39, 0.29) is 61.3 Å². The quantitative estimate of drug-likeness (QED) is 0.0950. The Labute approximate surface area is 243 Å². The van der Waals surface area contributed by atoms with Gasteiger partial charge in [0, 0.05) is 18.9 Å². The summed E-state index contributed by atoms with van der Waals surface area (Å²) >= 11 is 0. The molecule has 0 aliphatic rings. The molecule has 0 saturated carbocycles. The lowest BCUT2D eigenvalue weighted by molar-refractivity contribution is -0.185. The average molecular weight is 582 g/mol. The molecular formula is C30H47NO10. The number of hydrogen-bond acceptors (Lipinski definition) is 10. The van der Waals surface area contributed by atoms with Crippen LogP contribution in [0.25, 0.3) is 0 Å². The number of aliphatic carboxylic acids is 1. The van der Waals surface area contributed by atoms with Gasteiger partial charge in [-0.1, -0.05) is 67.4 Å². The highest BCUT2D eigenvalue weighted by Crippen LogP contribution is 2.32. The summed E-state index contributed by atoms with van der Waals surface area (Å²) in [5, 5.41) is 13.2. The normalized spacial score (nSPS) is 14.8. The van der Waals surface area contributed by atoms with Crippen molar-refractivity contribution < 1.29 is 48.0 Å². The van der Waals surface area contributed by atoms with E-state index in [1.807, 2.05) is 48.5 Å². The van der Waals surface area contributed by atoms with Crippen molar-refractivity contribution in [1.29, 1.82) is 0 Å². The zero-order valence-corrected chi connectivity index (χ0v) is 25.6. The number of ether oxygens (including phenoxy) is 5. The topological polar surface area (TPSA) is 147 Å². The third-order valence-electron chi connectivity index (χ3n) is 6.51. The maximum atomic E-state index is 12.6.